The van der Waals surface area contributed by atoms with Crippen molar-refractivity contribution in [2.75, 3.05) is 13.2 Å². The summed E-state index contributed by atoms with van der Waals surface area (Å²) in [6.07, 6.45) is -4.49. The molecule has 3 rings (SSSR count). The van der Waals surface area contributed by atoms with E-state index in [2.05, 4.69) is 10.2 Å². The van der Waals surface area contributed by atoms with E-state index in [1.54, 1.807) is 53.1 Å². The van der Waals surface area contributed by atoms with Crippen LogP contribution in [0.15, 0.2) is 53.7 Å². The second kappa shape index (κ2) is 10.3. The van der Waals surface area contributed by atoms with Gasteiger partial charge in [0.1, 0.15) is 12.3 Å². The van der Waals surface area contributed by atoms with Crippen molar-refractivity contribution < 1.29 is 22.7 Å². The molecule has 0 aliphatic rings. The molecule has 1 unspecified atom stereocenters. The van der Waals surface area contributed by atoms with Gasteiger partial charge >= 0.3 is 6.18 Å². The van der Waals surface area contributed by atoms with Gasteiger partial charge in [-0.15, -0.1) is 10.2 Å². The van der Waals surface area contributed by atoms with Gasteiger partial charge in [0, 0.05) is 11.3 Å². The third-order valence-electron chi connectivity index (χ3n) is 4.27. The fourth-order valence-corrected chi connectivity index (χ4v) is 3.91. The highest BCUT2D eigenvalue weighted by Gasteiger charge is 2.29. The van der Waals surface area contributed by atoms with E-state index < -0.39 is 23.9 Å². The van der Waals surface area contributed by atoms with Crippen LogP contribution in [0.25, 0.3) is 17.1 Å². The molecule has 0 saturated heterocycles. The Morgan fingerprint density at radius 2 is 1.88 bits per heavy atom. The van der Waals surface area contributed by atoms with E-state index in [1.165, 1.54) is 6.92 Å². The number of aromatic nitrogens is 3. The Morgan fingerprint density at radius 3 is 2.50 bits per heavy atom. The Kier molecular flexibility index (Phi) is 7.68. The highest BCUT2D eigenvalue weighted by Crippen LogP contribution is 2.33. The number of halogens is 4. The molecule has 0 fully saturated rings. The lowest BCUT2D eigenvalue weighted by Gasteiger charge is -2.15. The highest BCUT2D eigenvalue weighted by molar-refractivity contribution is 8.00. The summed E-state index contributed by atoms with van der Waals surface area (Å²) in [6, 6.07) is 14.2. The minimum Gasteiger partial charge on any atom is -0.494 e. The maximum Gasteiger partial charge on any atom is 0.405 e. The van der Waals surface area contributed by atoms with Crippen molar-refractivity contribution in [2.24, 2.45) is 0 Å². The van der Waals surface area contributed by atoms with Crippen LogP contribution in [0.2, 0.25) is 5.02 Å². The Hall–Kier alpha value is -2.72. The first-order valence-corrected chi connectivity index (χ1v) is 10.9. The normalized spacial score (nSPS) is 12.4. The van der Waals surface area contributed by atoms with Crippen molar-refractivity contribution in [2.45, 2.75) is 30.4 Å². The number of amides is 1. The molecule has 11 heteroatoms. The maximum absolute atomic E-state index is 12.4. The van der Waals surface area contributed by atoms with E-state index >= 15 is 0 Å². The highest BCUT2D eigenvalue weighted by atomic mass is 35.5. The lowest BCUT2D eigenvalue weighted by atomic mass is 10.2. The minimum absolute atomic E-state index is 0.332. The molecule has 0 aliphatic heterocycles. The maximum atomic E-state index is 12.4. The first-order chi connectivity index (χ1) is 15.2. The number of benzene rings is 2. The number of carbonyl (C=O) groups is 1. The summed E-state index contributed by atoms with van der Waals surface area (Å²) < 4.78 is 44.5. The van der Waals surface area contributed by atoms with Crippen molar-refractivity contribution in [3.05, 3.63) is 53.6 Å². The number of nitrogens with one attached hydrogen (secondary N) is 1. The molecule has 0 spiro atoms. The summed E-state index contributed by atoms with van der Waals surface area (Å²) in [6.45, 7) is 2.50. The molecular weight excluding hydrogens is 465 g/mol. The van der Waals surface area contributed by atoms with Gasteiger partial charge in [0.05, 0.1) is 16.9 Å². The summed E-state index contributed by atoms with van der Waals surface area (Å²) >= 11 is 7.35. The third-order valence-corrected chi connectivity index (χ3v) is 5.64. The number of rotatable bonds is 8. The zero-order valence-corrected chi connectivity index (χ0v) is 18.8. The molecule has 6 nitrogen and oxygen atoms in total. The van der Waals surface area contributed by atoms with E-state index in [0.29, 0.717) is 39.6 Å². The van der Waals surface area contributed by atoms with Gasteiger partial charge in [0.2, 0.25) is 5.91 Å². The molecule has 0 radical (unpaired) electrons. The molecule has 170 valence electrons. The van der Waals surface area contributed by atoms with E-state index in [1.807, 2.05) is 12.2 Å². The average Bonchev–Trinajstić information content (AvgIpc) is 3.15. The number of hydrogen-bond acceptors (Lipinski definition) is 5. The number of thioether (sulfide) groups is 1. The van der Waals surface area contributed by atoms with Gasteiger partial charge in [-0.1, -0.05) is 35.5 Å². The Balaban J connectivity index is 1.96. The molecule has 1 amide bonds. The van der Waals surface area contributed by atoms with Gasteiger partial charge < -0.3 is 10.1 Å². The first-order valence-electron chi connectivity index (χ1n) is 9.64. The van der Waals surface area contributed by atoms with Crippen LogP contribution in [0, 0.1) is 0 Å². The summed E-state index contributed by atoms with van der Waals surface area (Å²) in [5.41, 5.74) is 1.30. The summed E-state index contributed by atoms with van der Waals surface area (Å²) in [5.74, 6) is 0.357. The second-order valence-electron chi connectivity index (χ2n) is 6.64. The number of hydrogen-bond donors (Lipinski definition) is 1. The van der Waals surface area contributed by atoms with Crippen molar-refractivity contribution in [3.8, 4) is 22.8 Å². The molecule has 1 N–H and O–H groups in total. The van der Waals surface area contributed by atoms with Crippen LogP contribution in [0.1, 0.15) is 13.8 Å². The molecule has 1 heterocycles. The number of carbonyl (C=O) groups excluding carboxylic acids is 1. The fraction of sp³-hybridized carbons (Fsp3) is 0.286. The standard InChI is InChI=1S/C21H20ClF3N4O2S/c1-3-31-15-10-8-14(9-11-15)29-18(16-6-4-5-7-17(16)22)27-28-20(29)32-13(2)19(30)26-12-21(23,24)25/h4-11,13H,3,12H2,1-2H3,(H,26,30). The summed E-state index contributed by atoms with van der Waals surface area (Å²) in [4.78, 5) is 12.2. The van der Waals surface area contributed by atoms with Crippen LogP contribution >= 0.6 is 23.4 Å². The van der Waals surface area contributed by atoms with Crippen LogP contribution in [-0.2, 0) is 4.79 Å². The van der Waals surface area contributed by atoms with Gasteiger partial charge in [-0.2, -0.15) is 13.2 Å². The van der Waals surface area contributed by atoms with E-state index in [-0.39, 0.29) is 0 Å². The van der Waals surface area contributed by atoms with E-state index in [0.717, 1.165) is 11.8 Å². The lowest BCUT2D eigenvalue weighted by molar-refractivity contribution is -0.137. The lowest BCUT2D eigenvalue weighted by Crippen LogP contribution is -2.38. The van der Waals surface area contributed by atoms with Crippen LogP contribution < -0.4 is 10.1 Å². The van der Waals surface area contributed by atoms with Crippen LogP contribution in [0.5, 0.6) is 5.75 Å². The van der Waals surface area contributed by atoms with Crippen LogP contribution in [0.4, 0.5) is 13.2 Å². The molecule has 2 aromatic carbocycles. The first kappa shape index (κ1) is 23.9. The topological polar surface area (TPSA) is 69.0 Å². The largest absolute Gasteiger partial charge is 0.494 e. The monoisotopic (exact) mass is 484 g/mol. The zero-order valence-electron chi connectivity index (χ0n) is 17.2. The average molecular weight is 485 g/mol. The number of nitrogens with zero attached hydrogens (tertiary/aromatic N) is 3. The van der Waals surface area contributed by atoms with Crippen molar-refractivity contribution >= 4 is 29.3 Å². The molecule has 1 aromatic heterocycles. The summed E-state index contributed by atoms with van der Waals surface area (Å²) in [7, 11) is 0. The molecule has 32 heavy (non-hydrogen) atoms. The van der Waals surface area contributed by atoms with E-state index in [4.69, 9.17) is 16.3 Å². The van der Waals surface area contributed by atoms with Gasteiger partial charge in [0.25, 0.3) is 0 Å². The minimum atomic E-state index is -4.49. The quantitative estimate of drug-likeness (QED) is 0.448. The third kappa shape index (κ3) is 5.95. The second-order valence-corrected chi connectivity index (χ2v) is 8.36. The predicted octanol–water partition coefficient (Wildman–Crippen LogP) is 5.15. The summed E-state index contributed by atoms with van der Waals surface area (Å²) in [5, 5.41) is 10.3. The number of ether oxygens (including phenoxy) is 1. The zero-order chi connectivity index (χ0) is 23.3. The van der Waals surface area contributed by atoms with Crippen molar-refractivity contribution in [1.29, 1.82) is 0 Å². The Bertz CT molecular complexity index is 1070. The van der Waals surface area contributed by atoms with Gasteiger partial charge in [-0.05, 0) is 50.2 Å². The van der Waals surface area contributed by atoms with Crippen LogP contribution in [-0.4, -0.2) is 45.2 Å². The van der Waals surface area contributed by atoms with Crippen molar-refractivity contribution in [1.82, 2.24) is 20.1 Å². The van der Waals surface area contributed by atoms with Crippen LogP contribution in [0.3, 0.4) is 0 Å². The van der Waals surface area contributed by atoms with Gasteiger partial charge in [-0.3, -0.25) is 9.36 Å². The number of alkyl halides is 3. The smallest absolute Gasteiger partial charge is 0.405 e. The molecular formula is C21H20ClF3N4O2S. The molecule has 1 atom stereocenters. The predicted molar refractivity (Wildman–Crippen MR) is 117 cm³/mol. The fourth-order valence-electron chi connectivity index (χ4n) is 2.80. The Morgan fingerprint density at radius 1 is 1.19 bits per heavy atom. The molecule has 0 aliphatic carbocycles. The SMILES string of the molecule is CCOc1ccc(-n2c(SC(C)C(=O)NCC(F)(F)F)nnc2-c2ccccc2Cl)cc1. The van der Waals surface area contributed by atoms with Gasteiger partial charge in [0.15, 0.2) is 11.0 Å². The van der Waals surface area contributed by atoms with E-state index in [9.17, 15) is 18.0 Å². The molecule has 3 aromatic rings. The molecule has 0 saturated carbocycles. The Labute approximate surface area is 192 Å². The van der Waals surface area contributed by atoms with Gasteiger partial charge in [-0.25, -0.2) is 0 Å². The molecule has 0 bridgehead atoms. The van der Waals surface area contributed by atoms with Crippen molar-refractivity contribution in [3.63, 3.8) is 0 Å².